The van der Waals surface area contributed by atoms with Crippen molar-refractivity contribution in [3.63, 3.8) is 0 Å². The standard InChI is InChI=1S/C53H60N4O/c1-12-35(13-2)36-21-24-47-49(27-36)55(40-18-16-17-37(28-40)51(3,4)5)34-56(47)41-29-39(53(9,10)11)30-43(32-41)58-42-22-23-45-44-19-14-15-20-46(44)57(48(45)33-42)50-31-38(25-26-54-50)52(6,7)8/h14-33,35H,12-13,34H2,1-11H3. The van der Waals surface area contributed by atoms with Gasteiger partial charge < -0.3 is 14.5 Å². The number of aromatic nitrogens is 2. The topological polar surface area (TPSA) is 33.5 Å². The van der Waals surface area contributed by atoms with Crippen LogP contribution in [0.2, 0.25) is 0 Å². The molecule has 0 saturated heterocycles. The van der Waals surface area contributed by atoms with Crippen molar-refractivity contribution in [2.75, 3.05) is 16.5 Å². The number of hydrogen-bond acceptors (Lipinski definition) is 4. The molecule has 0 N–H and O–H groups in total. The molecule has 0 radical (unpaired) electrons. The Balaban J connectivity index is 1.23. The molecular weight excluding hydrogens is 709 g/mol. The molecule has 0 atom stereocenters. The molecule has 0 spiro atoms. The van der Waals surface area contributed by atoms with Crippen LogP contribution in [-0.2, 0) is 16.2 Å². The first-order valence-corrected chi connectivity index (χ1v) is 21.2. The average molecular weight is 769 g/mol. The third-order valence-electron chi connectivity index (χ3n) is 12.1. The number of fused-ring (bicyclic) bond motifs is 4. The van der Waals surface area contributed by atoms with Gasteiger partial charge in [-0.25, -0.2) is 4.98 Å². The summed E-state index contributed by atoms with van der Waals surface area (Å²) >= 11 is 0. The summed E-state index contributed by atoms with van der Waals surface area (Å²) in [4.78, 5) is 9.87. The molecule has 0 saturated carbocycles. The largest absolute Gasteiger partial charge is 0.457 e. The van der Waals surface area contributed by atoms with E-state index in [1.165, 1.54) is 50.1 Å². The van der Waals surface area contributed by atoms with Crippen LogP contribution in [0, 0.1) is 0 Å². The van der Waals surface area contributed by atoms with Gasteiger partial charge in [0.25, 0.3) is 0 Å². The Hall–Kier alpha value is -5.55. The SMILES string of the molecule is CCC(CC)c1ccc2c(c1)N(c1cccc(C(C)(C)C)c1)CN2c1cc(Oc2ccc3c4ccccc4n(-c4cc(C(C)(C)C)ccn4)c3c2)cc(C(C)(C)C)c1. The number of para-hydroxylation sites is 1. The molecule has 0 amide bonds. The van der Waals surface area contributed by atoms with Gasteiger partial charge in [-0.1, -0.05) is 113 Å². The molecule has 58 heavy (non-hydrogen) atoms. The highest BCUT2D eigenvalue weighted by Crippen LogP contribution is 2.48. The maximum Gasteiger partial charge on any atom is 0.137 e. The van der Waals surface area contributed by atoms with E-state index in [0.29, 0.717) is 12.6 Å². The quantitative estimate of drug-likeness (QED) is 0.154. The molecule has 7 aromatic rings. The Kier molecular flexibility index (Phi) is 9.94. The summed E-state index contributed by atoms with van der Waals surface area (Å²) in [5.41, 5.74) is 12.2. The van der Waals surface area contributed by atoms with Gasteiger partial charge in [-0.3, -0.25) is 4.57 Å². The molecular formula is C53H60N4O. The Morgan fingerprint density at radius 2 is 1.22 bits per heavy atom. The number of nitrogens with zero attached hydrogens (tertiary/aromatic N) is 4. The minimum Gasteiger partial charge on any atom is -0.457 e. The van der Waals surface area contributed by atoms with Gasteiger partial charge in [0.2, 0.25) is 0 Å². The Morgan fingerprint density at radius 3 is 1.95 bits per heavy atom. The second kappa shape index (κ2) is 14.7. The highest BCUT2D eigenvalue weighted by atomic mass is 16.5. The number of ether oxygens (including phenoxy) is 1. The minimum absolute atomic E-state index is 0.000420. The normalized spacial score (nSPS) is 13.6. The lowest BCUT2D eigenvalue weighted by Gasteiger charge is -2.27. The summed E-state index contributed by atoms with van der Waals surface area (Å²) in [6, 6.07) is 42.5. The number of hydrogen-bond donors (Lipinski definition) is 0. The van der Waals surface area contributed by atoms with Gasteiger partial charge in [-0.05, 0) is 124 Å². The van der Waals surface area contributed by atoms with Gasteiger partial charge in [0.15, 0.2) is 0 Å². The maximum atomic E-state index is 6.95. The van der Waals surface area contributed by atoms with E-state index in [1.807, 2.05) is 6.20 Å². The smallest absolute Gasteiger partial charge is 0.137 e. The fraction of sp³-hybridized carbons (Fsp3) is 0.340. The molecule has 2 aromatic heterocycles. The zero-order valence-corrected chi connectivity index (χ0v) is 36.4. The second-order valence-corrected chi connectivity index (χ2v) is 19.3. The van der Waals surface area contributed by atoms with Gasteiger partial charge in [0.1, 0.15) is 24.0 Å². The third kappa shape index (κ3) is 7.36. The summed E-state index contributed by atoms with van der Waals surface area (Å²) in [5, 5.41) is 2.37. The predicted molar refractivity (Wildman–Crippen MR) is 247 cm³/mol. The van der Waals surface area contributed by atoms with Crippen LogP contribution < -0.4 is 14.5 Å². The van der Waals surface area contributed by atoms with E-state index in [-0.39, 0.29) is 16.2 Å². The van der Waals surface area contributed by atoms with Crippen LogP contribution in [0.4, 0.5) is 22.7 Å². The fourth-order valence-corrected chi connectivity index (χ4v) is 8.51. The monoisotopic (exact) mass is 768 g/mol. The van der Waals surface area contributed by atoms with Crippen LogP contribution in [-0.4, -0.2) is 16.2 Å². The first kappa shape index (κ1) is 39.3. The van der Waals surface area contributed by atoms with E-state index in [1.54, 1.807) is 0 Å². The second-order valence-electron chi connectivity index (χ2n) is 19.3. The van der Waals surface area contributed by atoms with Crippen molar-refractivity contribution in [2.45, 2.75) is 111 Å². The van der Waals surface area contributed by atoms with E-state index in [2.05, 4.69) is 206 Å². The van der Waals surface area contributed by atoms with Crippen molar-refractivity contribution in [2.24, 2.45) is 0 Å². The molecule has 0 bridgehead atoms. The van der Waals surface area contributed by atoms with Gasteiger partial charge in [-0.15, -0.1) is 0 Å². The third-order valence-corrected chi connectivity index (χ3v) is 12.1. The summed E-state index contributed by atoms with van der Waals surface area (Å²) in [5.74, 6) is 3.05. The van der Waals surface area contributed by atoms with E-state index in [0.717, 1.165) is 46.9 Å². The zero-order chi connectivity index (χ0) is 41.1. The number of benzene rings is 5. The van der Waals surface area contributed by atoms with Gasteiger partial charge in [-0.2, -0.15) is 0 Å². The molecule has 0 aliphatic carbocycles. The van der Waals surface area contributed by atoms with Crippen LogP contribution in [0.15, 0.2) is 121 Å². The molecule has 5 nitrogen and oxygen atoms in total. The molecule has 1 aliphatic heterocycles. The van der Waals surface area contributed by atoms with Crippen LogP contribution in [0.3, 0.4) is 0 Å². The van der Waals surface area contributed by atoms with E-state index in [9.17, 15) is 0 Å². The van der Waals surface area contributed by atoms with Crippen molar-refractivity contribution >= 4 is 44.6 Å². The van der Waals surface area contributed by atoms with Gasteiger partial charge >= 0.3 is 0 Å². The minimum atomic E-state index is -0.100. The summed E-state index contributed by atoms with van der Waals surface area (Å²) in [6.07, 6.45) is 4.18. The predicted octanol–water partition coefficient (Wildman–Crippen LogP) is 15.0. The summed E-state index contributed by atoms with van der Waals surface area (Å²) in [6.45, 7) is 25.8. The van der Waals surface area contributed by atoms with Crippen molar-refractivity contribution in [3.8, 4) is 17.3 Å². The van der Waals surface area contributed by atoms with Crippen LogP contribution in [0.25, 0.3) is 27.6 Å². The first-order chi connectivity index (χ1) is 27.5. The Labute approximate surface area is 346 Å². The van der Waals surface area contributed by atoms with Crippen molar-refractivity contribution < 1.29 is 4.74 Å². The fourth-order valence-electron chi connectivity index (χ4n) is 8.51. The van der Waals surface area contributed by atoms with E-state index < -0.39 is 0 Å². The zero-order valence-electron chi connectivity index (χ0n) is 36.4. The average Bonchev–Trinajstić information content (AvgIpc) is 3.73. The highest BCUT2D eigenvalue weighted by molar-refractivity contribution is 6.09. The van der Waals surface area contributed by atoms with E-state index in [4.69, 9.17) is 9.72 Å². The van der Waals surface area contributed by atoms with Crippen LogP contribution in [0.5, 0.6) is 11.5 Å². The van der Waals surface area contributed by atoms with Gasteiger partial charge in [0, 0.05) is 40.5 Å². The number of pyridine rings is 1. The molecule has 5 aromatic carbocycles. The Morgan fingerprint density at radius 1 is 0.552 bits per heavy atom. The molecule has 298 valence electrons. The molecule has 5 heteroatoms. The molecule has 1 aliphatic rings. The van der Waals surface area contributed by atoms with Crippen molar-refractivity contribution in [1.82, 2.24) is 9.55 Å². The number of anilines is 4. The molecule has 0 fully saturated rings. The number of rotatable bonds is 8. The van der Waals surface area contributed by atoms with Crippen LogP contribution in [0.1, 0.15) is 117 Å². The lowest BCUT2D eigenvalue weighted by molar-refractivity contribution is 0.479. The molecule has 8 rings (SSSR count). The highest BCUT2D eigenvalue weighted by Gasteiger charge is 2.31. The molecule has 3 heterocycles. The van der Waals surface area contributed by atoms with Gasteiger partial charge in [0.05, 0.1) is 22.4 Å². The van der Waals surface area contributed by atoms with Crippen molar-refractivity contribution in [1.29, 1.82) is 0 Å². The lowest BCUT2D eigenvalue weighted by Crippen LogP contribution is -2.25. The Bertz CT molecular complexity index is 2630. The maximum absolute atomic E-state index is 6.95. The van der Waals surface area contributed by atoms with E-state index >= 15 is 0 Å². The summed E-state index contributed by atoms with van der Waals surface area (Å²) in [7, 11) is 0. The first-order valence-electron chi connectivity index (χ1n) is 21.2. The van der Waals surface area contributed by atoms with Crippen molar-refractivity contribution in [3.05, 3.63) is 144 Å². The molecule has 0 unspecified atom stereocenters. The summed E-state index contributed by atoms with van der Waals surface area (Å²) < 4.78 is 9.23. The van der Waals surface area contributed by atoms with Crippen LogP contribution >= 0.6 is 0 Å². The lowest BCUT2D eigenvalue weighted by atomic mass is 9.86.